The SMILES string of the molecule is C#Cc1cccc(NC(=O)CN=C(NCC)NC(C)C(C)C)c1. The van der Waals surface area contributed by atoms with Crippen LogP contribution in [0.2, 0.25) is 0 Å². The molecule has 3 N–H and O–H groups in total. The minimum Gasteiger partial charge on any atom is -0.357 e. The van der Waals surface area contributed by atoms with Crippen molar-refractivity contribution in [3.8, 4) is 12.3 Å². The summed E-state index contributed by atoms with van der Waals surface area (Å²) in [6.07, 6.45) is 5.35. The molecule has 0 spiro atoms. The highest BCUT2D eigenvalue weighted by atomic mass is 16.1. The maximum atomic E-state index is 12.0. The van der Waals surface area contributed by atoms with Crippen LogP contribution in [0, 0.1) is 18.3 Å². The highest BCUT2D eigenvalue weighted by Crippen LogP contribution is 2.09. The predicted molar refractivity (Wildman–Crippen MR) is 96.4 cm³/mol. The summed E-state index contributed by atoms with van der Waals surface area (Å²) >= 11 is 0. The second-order valence-electron chi connectivity index (χ2n) is 5.65. The average molecular weight is 314 g/mol. The van der Waals surface area contributed by atoms with Gasteiger partial charge in [0.15, 0.2) is 5.96 Å². The van der Waals surface area contributed by atoms with Gasteiger partial charge < -0.3 is 16.0 Å². The number of rotatable bonds is 6. The fraction of sp³-hybridized carbons (Fsp3) is 0.444. The van der Waals surface area contributed by atoms with Gasteiger partial charge in [-0.1, -0.05) is 25.8 Å². The molecule has 0 aromatic heterocycles. The Hall–Kier alpha value is -2.48. The summed E-state index contributed by atoms with van der Waals surface area (Å²) in [7, 11) is 0. The van der Waals surface area contributed by atoms with Crippen molar-refractivity contribution in [3.05, 3.63) is 29.8 Å². The number of anilines is 1. The first kappa shape index (κ1) is 18.6. The van der Waals surface area contributed by atoms with Gasteiger partial charge in [-0.2, -0.15) is 0 Å². The Bertz CT molecular complexity index is 587. The maximum Gasteiger partial charge on any atom is 0.246 e. The van der Waals surface area contributed by atoms with Crippen LogP contribution in [0.5, 0.6) is 0 Å². The monoisotopic (exact) mass is 314 g/mol. The molecule has 5 nitrogen and oxygen atoms in total. The number of nitrogens with one attached hydrogen (secondary N) is 3. The molecule has 0 aliphatic carbocycles. The quantitative estimate of drug-likeness (QED) is 0.428. The lowest BCUT2D eigenvalue weighted by Crippen LogP contribution is -2.44. The molecule has 1 rings (SSSR count). The number of guanidine groups is 1. The summed E-state index contributed by atoms with van der Waals surface area (Å²) in [5.74, 6) is 3.47. The highest BCUT2D eigenvalue weighted by molar-refractivity contribution is 5.94. The van der Waals surface area contributed by atoms with Crippen LogP contribution in [-0.4, -0.2) is 31.0 Å². The van der Waals surface area contributed by atoms with Gasteiger partial charge >= 0.3 is 0 Å². The molecular formula is C18H26N4O. The van der Waals surface area contributed by atoms with E-state index < -0.39 is 0 Å². The van der Waals surface area contributed by atoms with E-state index in [9.17, 15) is 4.79 Å². The van der Waals surface area contributed by atoms with Gasteiger partial charge in [-0.05, 0) is 38.0 Å². The lowest BCUT2D eigenvalue weighted by Gasteiger charge is -2.20. The predicted octanol–water partition coefficient (Wildman–Crippen LogP) is 2.21. The van der Waals surface area contributed by atoms with Gasteiger partial charge in [0.05, 0.1) is 0 Å². The van der Waals surface area contributed by atoms with Crippen molar-refractivity contribution in [2.24, 2.45) is 10.9 Å². The van der Waals surface area contributed by atoms with Crippen molar-refractivity contribution in [2.45, 2.75) is 33.7 Å². The van der Waals surface area contributed by atoms with E-state index in [2.05, 4.69) is 47.6 Å². The van der Waals surface area contributed by atoms with Gasteiger partial charge in [0.25, 0.3) is 0 Å². The fourth-order valence-corrected chi connectivity index (χ4v) is 1.74. The molecule has 1 unspecified atom stereocenters. The zero-order valence-corrected chi connectivity index (χ0v) is 14.3. The van der Waals surface area contributed by atoms with Gasteiger partial charge in [-0.15, -0.1) is 6.42 Å². The number of carbonyl (C=O) groups is 1. The number of hydrogen-bond donors (Lipinski definition) is 3. The number of terminal acetylenes is 1. The van der Waals surface area contributed by atoms with Crippen molar-refractivity contribution in [1.29, 1.82) is 0 Å². The van der Waals surface area contributed by atoms with Crippen LogP contribution in [0.25, 0.3) is 0 Å². The molecule has 1 amide bonds. The van der Waals surface area contributed by atoms with Crippen molar-refractivity contribution in [2.75, 3.05) is 18.4 Å². The molecule has 23 heavy (non-hydrogen) atoms. The van der Waals surface area contributed by atoms with Gasteiger partial charge in [0.2, 0.25) is 5.91 Å². The first-order valence-corrected chi connectivity index (χ1v) is 7.87. The molecule has 0 saturated carbocycles. The zero-order valence-electron chi connectivity index (χ0n) is 14.3. The van der Waals surface area contributed by atoms with Crippen LogP contribution in [0.1, 0.15) is 33.3 Å². The van der Waals surface area contributed by atoms with Crippen LogP contribution in [0.3, 0.4) is 0 Å². The van der Waals surface area contributed by atoms with E-state index in [1.807, 2.05) is 19.1 Å². The Kier molecular flexibility index (Phi) is 7.69. The van der Waals surface area contributed by atoms with E-state index in [0.717, 1.165) is 12.1 Å². The Balaban J connectivity index is 2.64. The van der Waals surface area contributed by atoms with Crippen LogP contribution < -0.4 is 16.0 Å². The molecule has 5 heteroatoms. The molecular weight excluding hydrogens is 288 g/mol. The smallest absolute Gasteiger partial charge is 0.246 e. The molecule has 1 aromatic carbocycles. The highest BCUT2D eigenvalue weighted by Gasteiger charge is 2.09. The number of aliphatic imine (C=N–C) groups is 1. The first-order chi connectivity index (χ1) is 11.0. The first-order valence-electron chi connectivity index (χ1n) is 7.87. The van der Waals surface area contributed by atoms with Gasteiger partial charge in [0.1, 0.15) is 6.54 Å². The zero-order chi connectivity index (χ0) is 17.2. The topological polar surface area (TPSA) is 65.5 Å². The molecule has 0 fully saturated rings. The number of benzene rings is 1. The lowest BCUT2D eigenvalue weighted by molar-refractivity contribution is -0.114. The molecule has 124 valence electrons. The Morgan fingerprint density at radius 1 is 1.35 bits per heavy atom. The normalized spacial score (nSPS) is 12.4. The van der Waals surface area contributed by atoms with Gasteiger partial charge in [0, 0.05) is 23.8 Å². The van der Waals surface area contributed by atoms with Crippen LogP contribution in [-0.2, 0) is 4.79 Å². The number of hydrogen-bond acceptors (Lipinski definition) is 2. The summed E-state index contributed by atoms with van der Waals surface area (Å²) in [4.78, 5) is 16.3. The number of carbonyl (C=O) groups excluding carboxylic acids is 1. The molecule has 0 radical (unpaired) electrons. The maximum absolute atomic E-state index is 12.0. The van der Waals surface area contributed by atoms with E-state index in [1.165, 1.54) is 0 Å². The third-order valence-electron chi connectivity index (χ3n) is 3.40. The molecule has 1 aromatic rings. The second-order valence-corrected chi connectivity index (χ2v) is 5.65. The fourth-order valence-electron chi connectivity index (χ4n) is 1.74. The molecule has 1 atom stereocenters. The Morgan fingerprint density at radius 2 is 2.09 bits per heavy atom. The summed E-state index contributed by atoms with van der Waals surface area (Å²) in [5.41, 5.74) is 1.40. The van der Waals surface area contributed by atoms with E-state index in [4.69, 9.17) is 6.42 Å². The van der Waals surface area contributed by atoms with Crippen LogP contribution in [0.15, 0.2) is 29.3 Å². The largest absolute Gasteiger partial charge is 0.357 e. The average Bonchev–Trinajstić information content (AvgIpc) is 2.52. The number of amides is 1. The third-order valence-corrected chi connectivity index (χ3v) is 3.40. The summed E-state index contributed by atoms with van der Waals surface area (Å²) in [5, 5.41) is 9.22. The third kappa shape index (κ3) is 6.88. The Morgan fingerprint density at radius 3 is 2.70 bits per heavy atom. The Labute approximate surface area is 139 Å². The van der Waals surface area contributed by atoms with E-state index in [1.54, 1.807) is 12.1 Å². The molecule has 0 aliphatic heterocycles. The summed E-state index contributed by atoms with van der Waals surface area (Å²) in [6.45, 7) is 9.12. The van der Waals surface area contributed by atoms with Crippen molar-refractivity contribution in [1.82, 2.24) is 10.6 Å². The minimum atomic E-state index is -0.187. The van der Waals surface area contributed by atoms with Gasteiger partial charge in [-0.25, -0.2) is 4.99 Å². The van der Waals surface area contributed by atoms with E-state index in [-0.39, 0.29) is 18.5 Å². The molecule has 0 bridgehead atoms. The van der Waals surface area contributed by atoms with Gasteiger partial charge in [-0.3, -0.25) is 4.79 Å². The number of nitrogens with zero attached hydrogens (tertiary/aromatic N) is 1. The van der Waals surface area contributed by atoms with E-state index in [0.29, 0.717) is 17.6 Å². The van der Waals surface area contributed by atoms with Crippen molar-refractivity contribution >= 4 is 17.6 Å². The van der Waals surface area contributed by atoms with Crippen LogP contribution in [0.4, 0.5) is 5.69 Å². The summed E-state index contributed by atoms with van der Waals surface area (Å²) < 4.78 is 0. The standard InChI is InChI=1S/C18H26N4O/c1-6-15-9-8-10-16(11-15)22-17(23)12-20-18(19-7-2)21-14(5)13(3)4/h1,8-11,13-14H,7,12H2,2-5H3,(H,22,23)(H2,19,20,21). The van der Waals surface area contributed by atoms with Crippen LogP contribution >= 0.6 is 0 Å². The van der Waals surface area contributed by atoms with Crippen molar-refractivity contribution in [3.63, 3.8) is 0 Å². The molecule has 0 heterocycles. The van der Waals surface area contributed by atoms with Crippen molar-refractivity contribution < 1.29 is 4.79 Å². The molecule has 0 aliphatic rings. The second kappa shape index (κ2) is 9.52. The summed E-state index contributed by atoms with van der Waals surface area (Å²) in [6, 6.07) is 7.44. The van der Waals surface area contributed by atoms with E-state index >= 15 is 0 Å². The molecule has 0 saturated heterocycles. The lowest BCUT2D eigenvalue weighted by atomic mass is 10.1. The minimum absolute atomic E-state index is 0.0421.